The van der Waals surface area contributed by atoms with Gasteiger partial charge in [0.1, 0.15) is 0 Å². The van der Waals surface area contributed by atoms with Gasteiger partial charge in [0.15, 0.2) is 5.78 Å². The van der Waals surface area contributed by atoms with E-state index in [0.29, 0.717) is 16.8 Å². The Morgan fingerprint density at radius 1 is 0.788 bits per heavy atom. The highest BCUT2D eigenvalue weighted by Gasteiger charge is 2.19. The van der Waals surface area contributed by atoms with Gasteiger partial charge in [-0.3, -0.25) is 9.59 Å². The van der Waals surface area contributed by atoms with Crippen LogP contribution in [0, 0.1) is 0 Å². The molecule has 0 aliphatic heterocycles. The highest BCUT2D eigenvalue weighted by molar-refractivity contribution is 7.89. The van der Waals surface area contributed by atoms with Crippen molar-refractivity contribution in [1.82, 2.24) is 4.31 Å². The fourth-order valence-electron chi connectivity index (χ4n) is 3.24. The summed E-state index contributed by atoms with van der Waals surface area (Å²) in [4.78, 5) is 25.7. The zero-order chi connectivity index (χ0) is 24.4. The average Bonchev–Trinajstić information content (AvgIpc) is 2.78. The Kier molecular flexibility index (Phi) is 6.86. The zero-order valence-corrected chi connectivity index (χ0v) is 20.2. The lowest BCUT2D eigenvalue weighted by molar-refractivity contribution is 0.102. The maximum absolute atomic E-state index is 13.0. The van der Waals surface area contributed by atoms with Crippen molar-refractivity contribution >= 4 is 27.4 Å². The molecule has 3 rings (SSSR count). The van der Waals surface area contributed by atoms with Crippen molar-refractivity contribution in [2.24, 2.45) is 0 Å². The molecule has 0 aromatic heterocycles. The quantitative estimate of drug-likeness (QED) is 0.535. The van der Waals surface area contributed by atoms with Crippen molar-refractivity contribution in [3.05, 3.63) is 95.1 Å². The smallest absolute Gasteiger partial charge is 0.255 e. The van der Waals surface area contributed by atoms with Gasteiger partial charge in [-0.15, -0.1) is 0 Å². The minimum Gasteiger partial charge on any atom is -0.322 e. The van der Waals surface area contributed by atoms with Crippen LogP contribution in [0.25, 0.3) is 0 Å². The third-order valence-electron chi connectivity index (χ3n) is 5.27. The molecule has 1 N–H and O–H groups in total. The molecule has 3 aromatic rings. The molecule has 0 aliphatic rings. The van der Waals surface area contributed by atoms with Gasteiger partial charge in [-0.25, -0.2) is 12.7 Å². The van der Waals surface area contributed by atoms with Gasteiger partial charge in [0, 0.05) is 36.5 Å². The van der Waals surface area contributed by atoms with E-state index in [1.807, 2.05) is 24.3 Å². The second-order valence-electron chi connectivity index (χ2n) is 9.01. The normalized spacial score (nSPS) is 11.9. The van der Waals surface area contributed by atoms with E-state index in [2.05, 4.69) is 26.1 Å². The summed E-state index contributed by atoms with van der Waals surface area (Å²) in [5, 5.41) is 2.74. The van der Waals surface area contributed by atoms with E-state index in [-0.39, 0.29) is 21.7 Å². The van der Waals surface area contributed by atoms with E-state index < -0.39 is 15.9 Å². The number of sulfonamides is 1. The van der Waals surface area contributed by atoms with Crippen LogP contribution in [0.3, 0.4) is 0 Å². The SMILES string of the molecule is CN(C)S(=O)(=O)c1cccc(C(=O)Nc2cccc(C(=O)c3ccc(C(C)(C)C)cc3)c2)c1. The molecule has 0 atom stereocenters. The van der Waals surface area contributed by atoms with Crippen LogP contribution in [-0.4, -0.2) is 38.5 Å². The molecular weight excluding hydrogens is 436 g/mol. The van der Waals surface area contributed by atoms with Crippen LogP contribution >= 0.6 is 0 Å². The maximum atomic E-state index is 13.0. The van der Waals surface area contributed by atoms with Gasteiger partial charge in [0.05, 0.1) is 4.90 Å². The monoisotopic (exact) mass is 464 g/mol. The van der Waals surface area contributed by atoms with E-state index in [4.69, 9.17) is 0 Å². The molecule has 33 heavy (non-hydrogen) atoms. The van der Waals surface area contributed by atoms with Crippen LogP contribution in [0.5, 0.6) is 0 Å². The number of ketones is 1. The third-order valence-corrected chi connectivity index (χ3v) is 7.08. The molecule has 0 heterocycles. The summed E-state index contributed by atoms with van der Waals surface area (Å²) in [6, 6.07) is 20.0. The van der Waals surface area contributed by atoms with Crippen LogP contribution in [0.4, 0.5) is 5.69 Å². The number of nitrogens with one attached hydrogen (secondary N) is 1. The summed E-state index contributed by atoms with van der Waals surface area (Å²) in [5.74, 6) is -0.615. The van der Waals surface area contributed by atoms with E-state index in [1.165, 1.54) is 38.4 Å². The predicted octanol–water partition coefficient (Wildman–Crippen LogP) is 4.72. The molecule has 7 heteroatoms. The summed E-state index contributed by atoms with van der Waals surface area (Å²) in [5.41, 5.74) is 2.78. The van der Waals surface area contributed by atoms with Crippen molar-refractivity contribution in [3.63, 3.8) is 0 Å². The molecular formula is C26H28N2O4S. The lowest BCUT2D eigenvalue weighted by atomic mass is 9.86. The summed E-state index contributed by atoms with van der Waals surface area (Å²) < 4.78 is 25.8. The molecule has 0 saturated heterocycles. The first-order chi connectivity index (χ1) is 15.4. The number of amides is 1. The van der Waals surface area contributed by atoms with E-state index >= 15 is 0 Å². The fraction of sp³-hybridized carbons (Fsp3) is 0.231. The van der Waals surface area contributed by atoms with Gasteiger partial charge in [-0.2, -0.15) is 0 Å². The van der Waals surface area contributed by atoms with Crippen LogP contribution in [-0.2, 0) is 15.4 Å². The molecule has 1 amide bonds. The Morgan fingerprint density at radius 3 is 2.00 bits per heavy atom. The molecule has 0 bridgehead atoms. The minimum atomic E-state index is -3.66. The van der Waals surface area contributed by atoms with Crippen LogP contribution in [0.2, 0.25) is 0 Å². The topological polar surface area (TPSA) is 83.6 Å². The standard InChI is InChI=1S/C26H28N2O4S/c1-26(2,3)21-14-12-18(13-15-21)24(29)19-8-6-10-22(16-19)27-25(30)20-9-7-11-23(17-20)33(31,32)28(4)5/h6-17H,1-5H3,(H,27,30). The molecule has 0 saturated carbocycles. The average molecular weight is 465 g/mol. The first-order valence-electron chi connectivity index (χ1n) is 10.5. The second-order valence-corrected chi connectivity index (χ2v) is 11.2. The van der Waals surface area contributed by atoms with Crippen molar-refractivity contribution in [1.29, 1.82) is 0 Å². The van der Waals surface area contributed by atoms with Gasteiger partial charge >= 0.3 is 0 Å². The van der Waals surface area contributed by atoms with Crippen LogP contribution in [0.15, 0.2) is 77.7 Å². The second kappa shape index (κ2) is 9.29. The van der Waals surface area contributed by atoms with Crippen molar-refractivity contribution < 1.29 is 18.0 Å². The number of nitrogens with zero attached hydrogens (tertiary/aromatic N) is 1. The number of hydrogen-bond acceptors (Lipinski definition) is 4. The summed E-state index contributed by atoms with van der Waals surface area (Å²) in [7, 11) is -0.795. The molecule has 0 spiro atoms. The summed E-state index contributed by atoms with van der Waals surface area (Å²) >= 11 is 0. The van der Waals surface area contributed by atoms with Crippen LogP contribution < -0.4 is 5.32 Å². The van der Waals surface area contributed by atoms with Gasteiger partial charge in [0.2, 0.25) is 10.0 Å². The van der Waals surface area contributed by atoms with E-state index in [9.17, 15) is 18.0 Å². The Balaban J connectivity index is 1.80. The maximum Gasteiger partial charge on any atom is 0.255 e. The van der Waals surface area contributed by atoms with Gasteiger partial charge < -0.3 is 5.32 Å². The Bertz CT molecular complexity index is 1290. The highest BCUT2D eigenvalue weighted by atomic mass is 32.2. The Labute approximate surface area is 195 Å². The Morgan fingerprint density at radius 2 is 1.39 bits per heavy atom. The van der Waals surface area contributed by atoms with Crippen LogP contribution in [0.1, 0.15) is 52.6 Å². The molecule has 0 unspecified atom stereocenters. The first kappa shape index (κ1) is 24.4. The van der Waals surface area contributed by atoms with E-state index in [1.54, 1.807) is 24.3 Å². The predicted molar refractivity (Wildman–Crippen MR) is 130 cm³/mol. The highest BCUT2D eigenvalue weighted by Crippen LogP contribution is 2.23. The molecule has 6 nitrogen and oxygen atoms in total. The fourth-order valence-corrected chi connectivity index (χ4v) is 4.19. The Hall–Kier alpha value is -3.29. The number of hydrogen-bond donors (Lipinski definition) is 1. The number of carbonyl (C=O) groups excluding carboxylic acids is 2. The molecule has 172 valence electrons. The molecule has 0 fully saturated rings. The number of anilines is 1. The summed E-state index contributed by atoms with van der Waals surface area (Å²) in [6.07, 6.45) is 0. The molecule has 3 aromatic carbocycles. The number of carbonyl (C=O) groups is 2. The zero-order valence-electron chi connectivity index (χ0n) is 19.4. The van der Waals surface area contributed by atoms with Gasteiger partial charge in [-0.05, 0) is 41.3 Å². The summed E-state index contributed by atoms with van der Waals surface area (Å²) in [6.45, 7) is 6.34. The number of rotatable bonds is 6. The van der Waals surface area contributed by atoms with E-state index in [0.717, 1.165) is 9.87 Å². The third kappa shape index (κ3) is 5.56. The van der Waals surface area contributed by atoms with Gasteiger partial charge in [-0.1, -0.05) is 63.2 Å². The number of benzene rings is 3. The molecule has 0 radical (unpaired) electrons. The lowest BCUT2D eigenvalue weighted by Gasteiger charge is -2.19. The van der Waals surface area contributed by atoms with Gasteiger partial charge in [0.25, 0.3) is 5.91 Å². The lowest BCUT2D eigenvalue weighted by Crippen LogP contribution is -2.22. The largest absolute Gasteiger partial charge is 0.322 e. The minimum absolute atomic E-state index is 0.00500. The van der Waals surface area contributed by atoms with Crippen molar-refractivity contribution in [2.45, 2.75) is 31.1 Å². The molecule has 0 aliphatic carbocycles. The van der Waals surface area contributed by atoms with Crippen molar-refractivity contribution in [2.75, 3.05) is 19.4 Å². The van der Waals surface area contributed by atoms with Crippen molar-refractivity contribution in [3.8, 4) is 0 Å². The first-order valence-corrected chi connectivity index (χ1v) is 11.9.